The van der Waals surface area contributed by atoms with E-state index in [2.05, 4.69) is 16.7 Å². The fourth-order valence-electron chi connectivity index (χ4n) is 3.11. The van der Waals surface area contributed by atoms with Gasteiger partial charge in [-0.2, -0.15) is 0 Å². The molecule has 0 bridgehead atoms. The van der Waals surface area contributed by atoms with Gasteiger partial charge >= 0.3 is 5.97 Å². The number of hydrogen-bond acceptors (Lipinski definition) is 4. The number of piperazine rings is 1. The molecule has 0 unspecified atom stereocenters. The zero-order valence-corrected chi connectivity index (χ0v) is 12.3. The number of esters is 1. The summed E-state index contributed by atoms with van der Waals surface area (Å²) in [6.45, 7) is 7.42. The molecule has 0 radical (unpaired) electrons. The third-order valence-electron chi connectivity index (χ3n) is 4.36. The van der Waals surface area contributed by atoms with Crippen LogP contribution in [-0.4, -0.2) is 61.1 Å². The van der Waals surface area contributed by atoms with Gasteiger partial charge in [-0.25, -0.2) is 0 Å². The van der Waals surface area contributed by atoms with Crippen molar-refractivity contribution in [1.82, 2.24) is 9.80 Å². The molecule has 2 fully saturated rings. The highest BCUT2D eigenvalue weighted by atomic mass is 16.5. The molecule has 4 heteroatoms. The Hall–Kier alpha value is -0.610. The standard InChI is InChI=1S/C15H28N2O2/c1-2-3-12-19-15(18)13-16-8-10-17(11-9-16)14-6-4-5-7-14/h14H,2-13H2,1H3. The Morgan fingerprint density at radius 1 is 1.16 bits per heavy atom. The molecule has 1 heterocycles. The highest BCUT2D eigenvalue weighted by Crippen LogP contribution is 2.24. The highest BCUT2D eigenvalue weighted by Gasteiger charge is 2.26. The van der Waals surface area contributed by atoms with E-state index in [-0.39, 0.29) is 5.97 Å². The third-order valence-corrected chi connectivity index (χ3v) is 4.36. The van der Waals surface area contributed by atoms with E-state index in [1.54, 1.807) is 0 Å². The Morgan fingerprint density at radius 3 is 2.47 bits per heavy atom. The van der Waals surface area contributed by atoms with Crippen LogP contribution in [0.3, 0.4) is 0 Å². The summed E-state index contributed by atoms with van der Waals surface area (Å²) in [5, 5.41) is 0. The van der Waals surface area contributed by atoms with Gasteiger partial charge in [-0.15, -0.1) is 0 Å². The number of carbonyl (C=O) groups is 1. The molecule has 0 aromatic rings. The summed E-state index contributed by atoms with van der Waals surface area (Å²) in [4.78, 5) is 16.5. The van der Waals surface area contributed by atoms with Crippen LogP contribution in [0.4, 0.5) is 0 Å². The van der Waals surface area contributed by atoms with Gasteiger partial charge in [0.25, 0.3) is 0 Å². The molecule has 0 atom stereocenters. The lowest BCUT2D eigenvalue weighted by Gasteiger charge is -2.37. The van der Waals surface area contributed by atoms with Crippen LogP contribution in [0.15, 0.2) is 0 Å². The van der Waals surface area contributed by atoms with Crippen LogP contribution in [0.5, 0.6) is 0 Å². The smallest absolute Gasteiger partial charge is 0.320 e. The third kappa shape index (κ3) is 4.77. The van der Waals surface area contributed by atoms with Crippen LogP contribution in [0, 0.1) is 0 Å². The van der Waals surface area contributed by atoms with E-state index < -0.39 is 0 Å². The van der Waals surface area contributed by atoms with Crippen LogP contribution in [-0.2, 0) is 9.53 Å². The summed E-state index contributed by atoms with van der Waals surface area (Å²) in [7, 11) is 0. The van der Waals surface area contributed by atoms with Gasteiger partial charge < -0.3 is 4.74 Å². The van der Waals surface area contributed by atoms with Crippen molar-refractivity contribution in [3.05, 3.63) is 0 Å². The molecule has 0 spiro atoms. The average molecular weight is 268 g/mol. The SMILES string of the molecule is CCCCOC(=O)CN1CCN(C2CCCC2)CC1. The summed E-state index contributed by atoms with van der Waals surface area (Å²) in [6.07, 6.45) is 7.59. The molecule has 19 heavy (non-hydrogen) atoms. The Morgan fingerprint density at radius 2 is 1.84 bits per heavy atom. The van der Waals surface area contributed by atoms with Gasteiger partial charge in [-0.05, 0) is 19.3 Å². The van der Waals surface area contributed by atoms with Crippen molar-refractivity contribution in [2.75, 3.05) is 39.3 Å². The monoisotopic (exact) mass is 268 g/mol. The zero-order valence-electron chi connectivity index (χ0n) is 12.3. The van der Waals surface area contributed by atoms with E-state index >= 15 is 0 Å². The molecule has 2 rings (SSSR count). The van der Waals surface area contributed by atoms with E-state index in [4.69, 9.17) is 4.74 Å². The van der Waals surface area contributed by atoms with Gasteiger partial charge in [0.1, 0.15) is 0 Å². The van der Waals surface area contributed by atoms with Crippen LogP contribution in [0.2, 0.25) is 0 Å². The topological polar surface area (TPSA) is 32.8 Å². The van der Waals surface area contributed by atoms with Crippen LogP contribution in [0.1, 0.15) is 45.4 Å². The maximum Gasteiger partial charge on any atom is 0.320 e. The number of unbranched alkanes of at least 4 members (excludes halogenated alkanes) is 1. The molecule has 1 saturated heterocycles. The van der Waals surface area contributed by atoms with E-state index in [0.717, 1.165) is 45.1 Å². The molecule has 0 amide bonds. The first-order chi connectivity index (χ1) is 9.29. The van der Waals surface area contributed by atoms with Gasteiger partial charge in [-0.1, -0.05) is 26.2 Å². The predicted molar refractivity (Wildman–Crippen MR) is 76.1 cm³/mol. The van der Waals surface area contributed by atoms with Crippen molar-refractivity contribution in [3.63, 3.8) is 0 Å². The minimum atomic E-state index is -0.0530. The molecule has 1 aliphatic carbocycles. The van der Waals surface area contributed by atoms with Crippen molar-refractivity contribution >= 4 is 5.97 Å². The zero-order chi connectivity index (χ0) is 13.5. The highest BCUT2D eigenvalue weighted by molar-refractivity contribution is 5.71. The van der Waals surface area contributed by atoms with Crippen molar-refractivity contribution in [1.29, 1.82) is 0 Å². The second-order valence-corrected chi connectivity index (χ2v) is 5.82. The molecule has 0 aromatic heterocycles. The number of hydrogen-bond donors (Lipinski definition) is 0. The Bertz CT molecular complexity index is 269. The molecular weight excluding hydrogens is 240 g/mol. The van der Waals surface area contributed by atoms with Crippen molar-refractivity contribution in [2.45, 2.75) is 51.5 Å². The van der Waals surface area contributed by atoms with Gasteiger partial charge in [-0.3, -0.25) is 14.6 Å². The summed E-state index contributed by atoms with van der Waals surface area (Å²) < 4.78 is 5.22. The summed E-state index contributed by atoms with van der Waals surface area (Å²) in [6, 6.07) is 0.818. The fourth-order valence-corrected chi connectivity index (χ4v) is 3.11. The maximum absolute atomic E-state index is 11.6. The number of rotatable bonds is 6. The van der Waals surface area contributed by atoms with Gasteiger partial charge in [0.15, 0.2) is 0 Å². The van der Waals surface area contributed by atoms with Gasteiger partial charge in [0, 0.05) is 32.2 Å². The van der Waals surface area contributed by atoms with Crippen LogP contribution < -0.4 is 0 Å². The van der Waals surface area contributed by atoms with E-state index in [1.165, 1.54) is 25.7 Å². The quantitative estimate of drug-likeness (QED) is 0.544. The molecule has 110 valence electrons. The summed E-state index contributed by atoms with van der Waals surface area (Å²) >= 11 is 0. The predicted octanol–water partition coefficient (Wildman–Crippen LogP) is 1.89. The molecule has 1 saturated carbocycles. The first kappa shape index (κ1) is 14.8. The van der Waals surface area contributed by atoms with Crippen LogP contribution in [0.25, 0.3) is 0 Å². The fraction of sp³-hybridized carbons (Fsp3) is 0.933. The second kappa shape index (κ2) is 7.85. The van der Waals surface area contributed by atoms with Gasteiger partial charge in [0.2, 0.25) is 0 Å². The number of nitrogens with zero attached hydrogens (tertiary/aromatic N) is 2. The number of carbonyl (C=O) groups excluding carboxylic acids is 1. The Kier molecular flexibility index (Phi) is 6.11. The van der Waals surface area contributed by atoms with Crippen molar-refractivity contribution < 1.29 is 9.53 Å². The molecule has 0 N–H and O–H groups in total. The minimum Gasteiger partial charge on any atom is -0.465 e. The lowest BCUT2D eigenvalue weighted by Crippen LogP contribution is -2.50. The van der Waals surface area contributed by atoms with Crippen molar-refractivity contribution in [2.24, 2.45) is 0 Å². The summed E-state index contributed by atoms with van der Waals surface area (Å²) in [5.74, 6) is -0.0530. The molecule has 4 nitrogen and oxygen atoms in total. The maximum atomic E-state index is 11.6. The van der Waals surface area contributed by atoms with Gasteiger partial charge in [0.05, 0.1) is 13.2 Å². The molecule has 1 aliphatic heterocycles. The Labute approximate surface area is 117 Å². The average Bonchev–Trinajstić information content (AvgIpc) is 2.94. The Balaban J connectivity index is 1.61. The minimum absolute atomic E-state index is 0.0530. The second-order valence-electron chi connectivity index (χ2n) is 5.82. The van der Waals surface area contributed by atoms with E-state index in [1.807, 2.05) is 0 Å². The lowest BCUT2D eigenvalue weighted by atomic mass is 10.2. The largest absolute Gasteiger partial charge is 0.465 e. The summed E-state index contributed by atoms with van der Waals surface area (Å²) in [5.41, 5.74) is 0. The normalized spacial score (nSPS) is 22.8. The van der Waals surface area contributed by atoms with E-state index in [0.29, 0.717) is 13.2 Å². The molecule has 0 aromatic carbocycles. The van der Waals surface area contributed by atoms with Crippen molar-refractivity contribution in [3.8, 4) is 0 Å². The van der Waals surface area contributed by atoms with E-state index in [9.17, 15) is 4.79 Å². The van der Waals surface area contributed by atoms with Crippen LogP contribution >= 0.6 is 0 Å². The first-order valence-corrected chi connectivity index (χ1v) is 7.91. The first-order valence-electron chi connectivity index (χ1n) is 7.91. The lowest BCUT2D eigenvalue weighted by molar-refractivity contribution is -0.145. The molecule has 2 aliphatic rings. The number of ether oxygens (including phenoxy) is 1. The molecular formula is C15H28N2O2.